The van der Waals surface area contributed by atoms with E-state index in [4.69, 9.17) is 10.5 Å². The number of nitrogens with zero attached hydrogens (tertiary/aromatic N) is 1. The smallest absolute Gasteiger partial charge is 0.331 e. The topological polar surface area (TPSA) is 124 Å². The summed E-state index contributed by atoms with van der Waals surface area (Å²) in [5, 5.41) is -1.14. The van der Waals surface area contributed by atoms with Crippen molar-refractivity contribution in [2.75, 3.05) is 0 Å². The van der Waals surface area contributed by atoms with E-state index in [2.05, 4.69) is 0 Å². The van der Waals surface area contributed by atoms with Crippen molar-refractivity contribution >= 4 is 27.6 Å². The molecule has 9 heteroatoms. The molecule has 0 aromatic heterocycles. The first-order chi connectivity index (χ1) is 15.2. The lowest BCUT2D eigenvalue weighted by Gasteiger charge is -2.36. The van der Waals surface area contributed by atoms with E-state index in [0.29, 0.717) is 11.1 Å². The molecule has 2 heterocycles. The molecule has 0 bridgehead atoms. The zero-order valence-electron chi connectivity index (χ0n) is 17.2. The van der Waals surface area contributed by atoms with Crippen LogP contribution in [0, 0.1) is 0 Å². The zero-order valence-corrected chi connectivity index (χ0v) is 18.1. The highest BCUT2D eigenvalue weighted by Gasteiger charge is 2.69. The van der Waals surface area contributed by atoms with E-state index in [0.717, 1.165) is 17.1 Å². The van der Waals surface area contributed by atoms with Crippen molar-refractivity contribution in [3.8, 4) is 0 Å². The Kier molecular flexibility index (Phi) is 5.37. The van der Waals surface area contributed by atoms with E-state index in [1.807, 2.05) is 12.1 Å². The third kappa shape index (κ3) is 3.38. The Balaban J connectivity index is 1.75. The van der Waals surface area contributed by atoms with Crippen molar-refractivity contribution in [2.45, 2.75) is 35.6 Å². The number of hydrogen-bond donors (Lipinski definition) is 1. The lowest BCUT2D eigenvalue weighted by atomic mass is 9.95. The monoisotopic (exact) mass is 454 g/mol. The average Bonchev–Trinajstić information content (AvgIpc) is 2.92. The number of nitrogens with two attached hydrogens (primary N) is 1. The number of hydrogen-bond acceptors (Lipinski definition) is 6. The van der Waals surface area contributed by atoms with Crippen LogP contribution in [0.1, 0.15) is 30.6 Å². The fourth-order valence-corrected chi connectivity index (χ4v) is 6.51. The molecule has 8 nitrogen and oxygen atoms in total. The van der Waals surface area contributed by atoms with Gasteiger partial charge in [-0.15, -0.1) is 0 Å². The van der Waals surface area contributed by atoms with Crippen LogP contribution >= 0.6 is 0 Å². The summed E-state index contributed by atoms with van der Waals surface area (Å²) in [7, 11) is -4.01. The Hall–Kier alpha value is -3.46. The summed E-state index contributed by atoms with van der Waals surface area (Å²) < 4.78 is 30.3. The Morgan fingerprint density at radius 1 is 1.09 bits per heavy atom. The first-order valence-corrected chi connectivity index (χ1v) is 11.5. The van der Waals surface area contributed by atoms with Gasteiger partial charge in [-0.05, 0) is 18.1 Å². The summed E-state index contributed by atoms with van der Waals surface area (Å²) >= 11 is 0. The number of rotatable bonds is 6. The molecule has 166 valence electrons. The van der Waals surface area contributed by atoms with Gasteiger partial charge in [0, 0.05) is 6.08 Å². The molecule has 0 unspecified atom stereocenters. The maximum atomic E-state index is 13.5. The van der Waals surface area contributed by atoms with E-state index < -0.39 is 49.9 Å². The fourth-order valence-electron chi connectivity index (χ4n) is 4.24. The number of ether oxygens (including phenoxy) is 1. The maximum absolute atomic E-state index is 13.5. The standard InChI is InChI=1S/C23H22N2O6S/c1-23(13-12-17(24)26)21(25-18(27)14-19(25)32(23,29)30)22(28)31-20(15-8-4-2-5-9-15)16-10-6-3-7-11-16/h2-13,19-21H,14H2,1H3,(H2,24,26)/t19-,21+,23+/m1/s1. The summed E-state index contributed by atoms with van der Waals surface area (Å²) in [4.78, 5) is 38.1. The molecule has 2 aliphatic heterocycles. The molecule has 3 atom stereocenters. The number of esters is 1. The van der Waals surface area contributed by atoms with Gasteiger partial charge in [0.15, 0.2) is 22.0 Å². The summed E-state index contributed by atoms with van der Waals surface area (Å²) in [6.45, 7) is 1.30. The van der Waals surface area contributed by atoms with Gasteiger partial charge in [-0.1, -0.05) is 66.7 Å². The van der Waals surface area contributed by atoms with Gasteiger partial charge >= 0.3 is 5.97 Å². The molecule has 2 aliphatic rings. The second-order valence-electron chi connectivity index (χ2n) is 7.97. The van der Waals surface area contributed by atoms with Crippen LogP contribution in [0.3, 0.4) is 0 Å². The van der Waals surface area contributed by atoms with Crippen LogP contribution in [0.25, 0.3) is 0 Å². The highest BCUT2D eigenvalue weighted by Crippen LogP contribution is 2.47. The largest absolute Gasteiger partial charge is 0.451 e. The second-order valence-corrected chi connectivity index (χ2v) is 10.5. The molecule has 2 fully saturated rings. The summed E-state index contributed by atoms with van der Waals surface area (Å²) in [6, 6.07) is 16.6. The molecular formula is C23H22N2O6S. The predicted molar refractivity (Wildman–Crippen MR) is 116 cm³/mol. The molecular weight excluding hydrogens is 432 g/mol. The molecule has 2 aromatic carbocycles. The predicted octanol–water partition coefficient (Wildman–Crippen LogP) is 1.47. The Morgan fingerprint density at radius 3 is 2.09 bits per heavy atom. The minimum Gasteiger partial charge on any atom is -0.451 e. The first kappa shape index (κ1) is 21.8. The minimum atomic E-state index is -4.01. The van der Waals surface area contributed by atoms with E-state index in [1.54, 1.807) is 48.5 Å². The normalized spacial score (nSPS) is 26.1. The summed E-state index contributed by atoms with van der Waals surface area (Å²) in [5.74, 6) is -2.20. The lowest BCUT2D eigenvalue weighted by molar-refractivity contribution is -0.163. The molecule has 32 heavy (non-hydrogen) atoms. The Labute approximate surface area is 185 Å². The lowest BCUT2D eigenvalue weighted by Crippen LogP contribution is -2.57. The highest BCUT2D eigenvalue weighted by molar-refractivity contribution is 7.94. The van der Waals surface area contributed by atoms with Crippen molar-refractivity contribution in [2.24, 2.45) is 5.73 Å². The van der Waals surface area contributed by atoms with Crippen molar-refractivity contribution in [3.63, 3.8) is 0 Å². The number of sulfone groups is 1. The second kappa shape index (κ2) is 7.90. The van der Waals surface area contributed by atoms with Crippen LogP contribution in [-0.4, -0.2) is 47.3 Å². The highest BCUT2D eigenvalue weighted by atomic mass is 32.2. The summed E-state index contributed by atoms with van der Waals surface area (Å²) in [5.41, 5.74) is 6.54. The zero-order chi connectivity index (χ0) is 23.1. The van der Waals surface area contributed by atoms with Crippen LogP contribution in [-0.2, 0) is 29.0 Å². The van der Waals surface area contributed by atoms with Gasteiger partial charge in [-0.2, -0.15) is 0 Å². The third-order valence-electron chi connectivity index (χ3n) is 5.98. The summed E-state index contributed by atoms with van der Waals surface area (Å²) in [6.07, 6.45) is 0.960. The van der Waals surface area contributed by atoms with Crippen molar-refractivity contribution < 1.29 is 27.5 Å². The van der Waals surface area contributed by atoms with Crippen LogP contribution in [0.15, 0.2) is 72.8 Å². The SMILES string of the molecule is C[C@]1(C=CC(N)=O)[C@H](C(=O)OC(c2ccccc2)c2ccccc2)N2C(=O)C[C@H]2S1(=O)=O. The number of carbonyl (C=O) groups is 3. The molecule has 0 saturated carbocycles. The van der Waals surface area contributed by atoms with Gasteiger partial charge in [0.2, 0.25) is 11.8 Å². The number of benzene rings is 2. The van der Waals surface area contributed by atoms with E-state index in [-0.39, 0.29) is 6.42 Å². The van der Waals surface area contributed by atoms with Crippen LogP contribution in [0.5, 0.6) is 0 Å². The molecule has 0 aliphatic carbocycles. The van der Waals surface area contributed by atoms with E-state index >= 15 is 0 Å². The minimum absolute atomic E-state index is 0.215. The van der Waals surface area contributed by atoms with Crippen LogP contribution < -0.4 is 5.73 Å². The van der Waals surface area contributed by atoms with Gasteiger partial charge in [-0.3, -0.25) is 9.59 Å². The maximum Gasteiger partial charge on any atom is 0.331 e. The first-order valence-electron chi connectivity index (χ1n) is 10.0. The van der Waals surface area contributed by atoms with Gasteiger partial charge in [0.25, 0.3) is 0 Å². The number of amides is 2. The van der Waals surface area contributed by atoms with Gasteiger partial charge in [0.1, 0.15) is 10.1 Å². The molecule has 2 N–H and O–H groups in total. The van der Waals surface area contributed by atoms with Crippen molar-refractivity contribution in [3.05, 3.63) is 83.9 Å². The number of β-lactam (4-membered cyclic amide) rings is 1. The van der Waals surface area contributed by atoms with Crippen LogP contribution in [0.4, 0.5) is 0 Å². The van der Waals surface area contributed by atoms with Gasteiger partial charge in [0.05, 0.1) is 6.42 Å². The molecule has 4 rings (SSSR count). The number of fused-ring (bicyclic) bond motifs is 1. The quantitative estimate of drug-likeness (QED) is 0.401. The Morgan fingerprint density at radius 2 is 1.62 bits per heavy atom. The van der Waals surface area contributed by atoms with Gasteiger partial charge in [-0.25, -0.2) is 13.2 Å². The average molecular weight is 455 g/mol. The molecule has 2 amide bonds. The van der Waals surface area contributed by atoms with Crippen molar-refractivity contribution in [1.82, 2.24) is 4.90 Å². The van der Waals surface area contributed by atoms with E-state index in [1.165, 1.54) is 6.92 Å². The molecule has 2 aromatic rings. The Bertz CT molecular complexity index is 1160. The molecule has 0 radical (unpaired) electrons. The molecule has 0 spiro atoms. The van der Waals surface area contributed by atoms with Crippen LogP contribution in [0.2, 0.25) is 0 Å². The van der Waals surface area contributed by atoms with Crippen molar-refractivity contribution in [1.29, 1.82) is 0 Å². The van der Waals surface area contributed by atoms with Gasteiger partial charge < -0.3 is 15.4 Å². The van der Waals surface area contributed by atoms with E-state index in [9.17, 15) is 22.8 Å². The number of carbonyl (C=O) groups excluding carboxylic acids is 3. The molecule has 2 saturated heterocycles. The fraction of sp³-hybridized carbons (Fsp3) is 0.261. The number of primary amides is 1. The third-order valence-corrected chi connectivity index (χ3v) is 8.68.